The van der Waals surface area contributed by atoms with Crippen LogP contribution in [0.3, 0.4) is 0 Å². The third kappa shape index (κ3) is 4.21. The Bertz CT molecular complexity index is 275. The van der Waals surface area contributed by atoms with Gasteiger partial charge in [0.1, 0.15) is 0 Å². The maximum atomic E-state index is 12.8. The van der Waals surface area contributed by atoms with Gasteiger partial charge in [0.2, 0.25) is 5.91 Å². The molecule has 2 aliphatic rings. The van der Waals surface area contributed by atoms with E-state index in [0.717, 1.165) is 6.42 Å². The minimum Gasteiger partial charge on any atom is -0.337 e. The Morgan fingerprint density at radius 3 is 1.85 bits per heavy atom. The Labute approximate surface area is 124 Å². The number of carbonyl (C=O) groups excluding carboxylic acids is 1. The summed E-state index contributed by atoms with van der Waals surface area (Å²) >= 11 is 0. The third-order valence-electron chi connectivity index (χ3n) is 5.19. The largest absolute Gasteiger partial charge is 0.337 e. The highest BCUT2D eigenvalue weighted by Gasteiger charge is 2.32. The molecule has 0 spiro atoms. The maximum absolute atomic E-state index is 12.8. The van der Waals surface area contributed by atoms with Crippen molar-refractivity contribution in [2.24, 2.45) is 5.73 Å². The summed E-state index contributed by atoms with van der Waals surface area (Å²) in [5.41, 5.74) is 6.02. The molecule has 0 saturated heterocycles. The lowest BCUT2D eigenvalue weighted by molar-refractivity contribution is -0.138. The molecule has 0 aromatic carbocycles. The molecule has 3 nitrogen and oxygen atoms in total. The molecule has 0 aromatic heterocycles. The molecule has 3 heteroatoms. The predicted molar refractivity (Wildman–Crippen MR) is 83.5 cm³/mol. The van der Waals surface area contributed by atoms with Crippen LogP contribution in [0.1, 0.15) is 84.0 Å². The summed E-state index contributed by atoms with van der Waals surface area (Å²) in [6.07, 6.45) is 14.2. The molecule has 20 heavy (non-hydrogen) atoms. The molecule has 2 fully saturated rings. The number of hydrogen-bond donors (Lipinski definition) is 1. The molecule has 0 heterocycles. The van der Waals surface area contributed by atoms with Gasteiger partial charge in [0.05, 0.1) is 0 Å². The first-order valence-corrected chi connectivity index (χ1v) is 8.79. The van der Waals surface area contributed by atoms with Gasteiger partial charge in [-0.25, -0.2) is 0 Å². The standard InChI is InChI=1S/C17H32N2O/c1-2-14(18)13-17(20)19(15-9-5-3-6-10-15)16-11-7-4-8-12-16/h14-16H,2-13,18H2,1H3. The van der Waals surface area contributed by atoms with E-state index in [2.05, 4.69) is 11.8 Å². The molecule has 2 rings (SSSR count). The summed E-state index contributed by atoms with van der Waals surface area (Å²) < 4.78 is 0. The molecule has 0 aromatic rings. The molecule has 2 N–H and O–H groups in total. The molecule has 116 valence electrons. The smallest absolute Gasteiger partial charge is 0.224 e. The van der Waals surface area contributed by atoms with Gasteiger partial charge in [0.25, 0.3) is 0 Å². The first kappa shape index (κ1) is 15.8. The summed E-state index contributed by atoms with van der Waals surface area (Å²) in [5.74, 6) is 0.332. The van der Waals surface area contributed by atoms with Crippen molar-refractivity contribution in [2.75, 3.05) is 0 Å². The van der Waals surface area contributed by atoms with Crippen molar-refractivity contribution in [2.45, 2.75) is 102 Å². The molecule has 0 bridgehead atoms. The van der Waals surface area contributed by atoms with E-state index < -0.39 is 0 Å². The Morgan fingerprint density at radius 2 is 1.45 bits per heavy atom. The van der Waals surface area contributed by atoms with Crippen molar-refractivity contribution in [3.05, 3.63) is 0 Å². The number of nitrogens with two attached hydrogens (primary N) is 1. The van der Waals surface area contributed by atoms with Crippen molar-refractivity contribution in [3.63, 3.8) is 0 Å². The Kier molecular flexibility index (Phi) is 6.34. The number of hydrogen-bond acceptors (Lipinski definition) is 2. The summed E-state index contributed by atoms with van der Waals surface area (Å²) in [5, 5.41) is 0. The second kappa shape index (κ2) is 8.02. The predicted octanol–water partition coefficient (Wildman–Crippen LogP) is 3.61. The lowest BCUT2D eigenvalue weighted by Crippen LogP contribution is -2.50. The first-order chi connectivity index (χ1) is 9.72. The van der Waals surface area contributed by atoms with Crippen LogP contribution in [0.4, 0.5) is 0 Å². The van der Waals surface area contributed by atoms with E-state index in [9.17, 15) is 4.79 Å². The van der Waals surface area contributed by atoms with Gasteiger partial charge in [-0.2, -0.15) is 0 Å². The van der Waals surface area contributed by atoms with Gasteiger partial charge >= 0.3 is 0 Å². The molecule has 1 atom stereocenters. The van der Waals surface area contributed by atoms with Crippen LogP contribution in [0, 0.1) is 0 Å². The van der Waals surface area contributed by atoms with Crippen LogP contribution in [-0.2, 0) is 4.79 Å². The van der Waals surface area contributed by atoms with E-state index in [1.165, 1.54) is 64.2 Å². The highest BCUT2D eigenvalue weighted by atomic mass is 16.2. The van der Waals surface area contributed by atoms with Crippen LogP contribution in [0.25, 0.3) is 0 Å². The van der Waals surface area contributed by atoms with Gasteiger partial charge in [-0.3, -0.25) is 4.79 Å². The number of carbonyl (C=O) groups is 1. The average molecular weight is 280 g/mol. The van der Waals surface area contributed by atoms with E-state index >= 15 is 0 Å². The van der Waals surface area contributed by atoms with Crippen molar-refractivity contribution >= 4 is 5.91 Å². The minimum atomic E-state index is 0.0391. The quantitative estimate of drug-likeness (QED) is 0.836. The van der Waals surface area contributed by atoms with Crippen LogP contribution in [0.2, 0.25) is 0 Å². The van der Waals surface area contributed by atoms with Crippen molar-refractivity contribution in [3.8, 4) is 0 Å². The average Bonchev–Trinajstić information content (AvgIpc) is 2.49. The van der Waals surface area contributed by atoms with Crippen LogP contribution in [0.5, 0.6) is 0 Å². The molecule has 0 radical (unpaired) electrons. The zero-order valence-electron chi connectivity index (χ0n) is 13.2. The number of rotatable bonds is 5. The second-order valence-corrected chi connectivity index (χ2v) is 6.76. The topological polar surface area (TPSA) is 46.3 Å². The zero-order valence-corrected chi connectivity index (χ0v) is 13.2. The number of amides is 1. The molecule has 1 unspecified atom stereocenters. The van der Waals surface area contributed by atoms with Crippen LogP contribution in [-0.4, -0.2) is 28.9 Å². The fourth-order valence-electron chi connectivity index (χ4n) is 3.90. The minimum absolute atomic E-state index is 0.0391. The Balaban J connectivity index is 2.03. The second-order valence-electron chi connectivity index (χ2n) is 6.76. The molecule has 0 aliphatic heterocycles. The zero-order chi connectivity index (χ0) is 14.4. The van der Waals surface area contributed by atoms with E-state index in [-0.39, 0.29) is 6.04 Å². The van der Waals surface area contributed by atoms with Crippen LogP contribution < -0.4 is 5.73 Å². The highest BCUT2D eigenvalue weighted by Crippen LogP contribution is 2.30. The molecule has 1 amide bonds. The summed E-state index contributed by atoms with van der Waals surface area (Å²) in [6, 6.07) is 1.05. The van der Waals surface area contributed by atoms with Crippen molar-refractivity contribution in [1.29, 1.82) is 0 Å². The van der Waals surface area contributed by atoms with Crippen LogP contribution >= 0.6 is 0 Å². The van der Waals surface area contributed by atoms with Gasteiger partial charge in [0.15, 0.2) is 0 Å². The van der Waals surface area contributed by atoms with Crippen molar-refractivity contribution < 1.29 is 4.79 Å². The molecule has 2 saturated carbocycles. The fraction of sp³-hybridized carbons (Fsp3) is 0.941. The third-order valence-corrected chi connectivity index (χ3v) is 5.19. The summed E-state index contributed by atoms with van der Waals surface area (Å²) in [7, 11) is 0. The van der Waals surface area contributed by atoms with E-state index in [1.807, 2.05) is 0 Å². The monoisotopic (exact) mass is 280 g/mol. The first-order valence-electron chi connectivity index (χ1n) is 8.79. The maximum Gasteiger partial charge on any atom is 0.224 e. The normalized spacial score (nSPS) is 23.5. The molecular weight excluding hydrogens is 248 g/mol. The van der Waals surface area contributed by atoms with Gasteiger partial charge < -0.3 is 10.6 Å². The lowest BCUT2D eigenvalue weighted by atomic mass is 9.88. The van der Waals surface area contributed by atoms with Crippen LogP contribution in [0.15, 0.2) is 0 Å². The van der Waals surface area contributed by atoms with Gasteiger partial charge in [-0.1, -0.05) is 45.4 Å². The fourth-order valence-corrected chi connectivity index (χ4v) is 3.90. The van der Waals surface area contributed by atoms with Crippen molar-refractivity contribution in [1.82, 2.24) is 4.90 Å². The van der Waals surface area contributed by atoms with Gasteiger partial charge in [-0.15, -0.1) is 0 Å². The molecular formula is C17H32N2O. The Hall–Kier alpha value is -0.570. The summed E-state index contributed by atoms with van der Waals surface area (Å²) in [4.78, 5) is 15.0. The van der Waals surface area contributed by atoms with Gasteiger partial charge in [-0.05, 0) is 32.1 Å². The molecule has 2 aliphatic carbocycles. The number of nitrogens with zero attached hydrogens (tertiary/aromatic N) is 1. The SMILES string of the molecule is CCC(N)CC(=O)N(C1CCCCC1)C1CCCCC1. The Morgan fingerprint density at radius 1 is 1.00 bits per heavy atom. The van der Waals surface area contributed by atoms with E-state index in [1.54, 1.807) is 0 Å². The highest BCUT2D eigenvalue weighted by molar-refractivity contribution is 5.77. The lowest BCUT2D eigenvalue weighted by Gasteiger charge is -2.42. The van der Waals surface area contributed by atoms with E-state index in [0.29, 0.717) is 24.4 Å². The summed E-state index contributed by atoms with van der Waals surface area (Å²) in [6.45, 7) is 2.07. The van der Waals surface area contributed by atoms with Gasteiger partial charge in [0, 0.05) is 24.5 Å². The van der Waals surface area contributed by atoms with E-state index in [4.69, 9.17) is 5.73 Å².